The van der Waals surface area contributed by atoms with Crippen LogP contribution in [0.1, 0.15) is 142 Å². The molecule has 270 valence electrons. The fourth-order valence-corrected chi connectivity index (χ4v) is 5.96. The maximum atomic E-state index is 12.7. The van der Waals surface area contributed by atoms with E-state index in [0.717, 1.165) is 74.4 Å². The average Bonchev–Trinajstić information content (AvgIpc) is 3.11. The summed E-state index contributed by atoms with van der Waals surface area (Å²) >= 11 is 0. The van der Waals surface area contributed by atoms with Gasteiger partial charge in [-0.1, -0.05) is 128 Å². The van der Waals surface area contributed by atoms with Gasteiger partial charge in [0, 0.05) is 13.1 Å². The van der Waals surface area contributed by atoms with E-state index in [-0.39, 0.29) is 25.2 Å². The molecule has 48 heavy (non-hydrogen) atoms. The first-order valence-corrected chi connectivity index (χ1v) is 19.4. The van der Waals surface area contributed by atoms with Crippen LogP contribution < -0.4 is 0 Å². The van der Waals surface area contributed by atoms with Crippen LogP contribution in [0.5, 0.6) is 0 Å². The maximum absolute atomic E-state index is 12.7. The predicted molar refractivity (Wildman–Crippen MR) is 201 cm³/mol. The number of nitrogens with zero attached hydrogens (tertiary/aromatic N) is 2. The standard InChI is InChI=1S/C42H68N2O4/c1-5-9-13-15-17-29-43(27-11-7-3)31-25-41(45)47-35-37-21-19-23-39(33-37)40-24-20-22-38(34-40)36-48-42(46)26-32-44(28-12-8-4)30-18-16-14-10-6-2/h19-24,33-34H,5-18,25-32,35-36H2,1-4H3. The minimum atomic E-state index is -0.142. The third kappa shape index (κ3) is 19.3. The minimum absolute atomic E-state index is 0.142. The molecule has 0 aliphatic heterocycles. The van der Waals surface area contributed by atoms with Gasteiger partial charge in [-0.2, -0.15) is 0 Å². The Bertz CT molecular complexity index is 1030. The molecular weight excluding hydrogens is 596 g/mol. The Morgan fingerprint density at radius 3 is 1.25 bits per heavy atom. The summed E-state index contributed by atoms with van der Waals surface area (Å²) in [6.45, 7) is 15.2. The molecule has 6 heteroatoms. The number of esters is 2. The Hall–Kier alpha value is -2.70. The van der Waals surface area contributed by atoms with Crippen LogP contribution in [0.15, 0.2) is 48.5 Å². The van der Waals surface area contributed by atoms with E-state index in [9.17, 15) is 9.59 Å². The summed E-state index contributed by atoms with van der Waals surface area (Å²) in [6, 6.07) is 16.3. The summed E-state index contributed by atoms with van der Waals surface area (Å²) in [6.07, 6.45) is 18.2. The normalized spacial score (nSPS) is 11.4. The third-order valence-corrected chi connectivity index (χ3v) is 9.06. The van der Waals surface area contributed by atoms with Gasteiger partial charge in [-0.25, -0.2) is 0 Å². The Morgan fingerprint density at radius 1 is 0.479 bits per heavy atom. The molecule has 0 saturated carbocycles. The molecular formula is C42H68N2O4. The molecule has 0 aliphatic rings. The number of unbranched alkanes of at least 4 members (excludes halogenated alkanes) is 10. The lowest BCUT2D eigenvalue weighted by Crippen LogP contribution is -2.29. The van der Waals surface area contributed by atoms with Crippen molar-refractivity contribution in [2.75, 3.05) is 39.3 Å². The Labute approximate surface area is 294 Å². The molecule has 0 aromatic heterocycles. The summed E-state index contributed by atoms with van der Waals surface area (Å²) in [5.74, 6) is -0.283. The van der Waals surface area contributed by atoms with Crippen molar-refractivity contribution in [3.8, 4) is 11.1 Å². The van der Waals surface area contributed by atoms with Crippen LogP contribution in [0.4, 0.5) is 0 Å². The molecule has 0 bridgehead atoms. The highest BCUT2D eigenvalue weighted by Crippen LogP contribution is 2.23. The summed E-state index contributed by atoms with van der Waals surface area (Å²) in [7, 11) is 0. The average molecular weight is 665 g/mol. The Morgan fingerprint density at radius 2 is 0.854 bits per heavy atom. The molecule has 0 unspecified atom stereocenters. The predicted octanol–water partition coefficient (Wildman–Crippen LogP) is 10.4. The number of carbonyl (C=O) groups is 2. The largest absolute Gasteiger partial charge is 0.461 e. The molecule has 0 spiro atoms. The molecule has 0 aliphatic carbocycles. The molecule has 2 aromatic rings. The smallest absolute Gasteiger partial charge is 0.307 e. The van der Waals surface area contributed by atoms with Gasteiger partial charge in [-0.3, -0.25) is 9.59 Å². The Balaban J connectivity index is 1.81. The van der Waals surface area contributed by atoms with Gasteiger partial charge in [0.15, 0.2) is 0 Å². The first-order valence-electron chi connectivity index (χ1n) is 19.4. The van der Waals surface area contributed by atoms with Crippen molar-refractivity contribution in [1.82, 2.24) is 9.80 Å². The number of hydrogen-bond acceptors (Lipinski definition) is 6. The topological polar surface area (TPSA) is 59.1 Å². The second-order valence-corrected chi connectivity index (χ2v) is 13.4. The van der Waals surface area contributed by atoms with Crippen molar-refractivity contribution in [3.05, 3.63) is 59.7 Å². The molecule has 0 atom stereocenters. The quantitative estimate of drug-likeness (QED) is 0.0637. The zero-order valence-electron chi connectivity index (χ0n) is 31.1. The monoisotopic (exact) mass is 665 g/mol. The summed E-state index contributed by atoms with van der Waals surface area (Å²) < 4.78 is 11.4. The second-order valence-electron chi connectivity index (χ2n) is 13.4. The molecule has 0 N–H and O–H groups in total. The lowest BCUT2D eigenvalue weighted by Gasteiger charge is -2.21. The van der Waals surface area contributed by atoms with Gasteiger partial charge in [0.05, 0.1) is 12.8 Å². The van der Waals surface area contributed by atoms with Gasteiger partial charge in [0.1, 0.15) is 13.2 Å². The van der Waals surface area contributed by atoms with Crippen molar-refractivity contribution in [2.45, 2.75) is 144 Å². The van der Waals surface area contributed by atoms with Crippen molar-refractivity contribution < 1.29 is 19.1 Å². The number of benzene rings is 2. The van der Waals surface area contributed by atoms with Crippen LogP contribution in [0.2, 0.25) is 0 Å². The lowest BCUT2D eigenvalue weighted by molar-refractivity contribution is -0.146. The number of hydrogen-bond donors (Lipinski definition) is 0. The van der Waals surface area contributed by atoms with Gasteiger partial charge in [-0.05, 0) is 86.2 Å². The molecule has 0 amide bonds. The highest BCUT2D eigenvalue weighted by Gasteiger charge is 2.12. The van der Waals surface area contributed by atoms with E-state index < -0.39 is 0 Å². The third-order valence-electron chi connectivity index (χ3n) is 9.06. The van der Waals surface area contributed by atoms with Gasteiger partial charge in [0.2, 0.25) is 0 Å². The highest BCUT2D eigenvalue weighted by molar-refractivity contribution is 5.70. The van der Waals surface area contributed by atoms with Gasteiger partial charge >= 0.3 is 11.9 Å². The van der Waals surface area contributed by atoms with Gasteiger partial charge in [-0.15, -0.1) is 0 Å². The van der Waals surface area contributed by atoms with Crippen molar-refractivity contribution >= 4 is 11.9 Å². The summed E-state index contributed by atoms with van der Waals surface area (Å²) in [4.78, 5) is 30.2. The van der Waals surface area contributed by atoms with E-state index in [0.29, 0.717) is 12.8 Å². The molecule has 2 aromatic carbocycles. The Kier molecular flexibility index (Phi) is 23.5. The van der Waals surface area contributed by atoms with Crippen LogP contribution in [0.25, 0.3) is 11.1 Å². The minimum Gasteiger partial charge on any atom is -0.461 e. The number of carbonyl (C=O) groups excluding carboxylic acids is 2. The maximum Gasteiger partial charge on any atom is 0.307 e. The summed E-state index contributed by atoms with van der Waals surface area (Å²) in [5.41, 5.74) is 4.04. The second kappa shape index (κ2) is 27.2. The van der Waals surface area contributed by atoms with E-state index in [1.165, 1.54) is 77.0 Å². The molecule has 0 saturated heterocycles. The first-order chi connectivity index (χ1) is 23.5. The van der Waals surface area contributed by atoms with E-state index in [4.69, 9.17) is 9.47 Å². The SMILES string of the molecule is CCCCCCCN(CCCC)CCC(=O)OCc1cccc(-c2cccc(COC(=O)CCN(CCCC)CCCCCCC)c2)c1. The van der Waals surface area contributed by atoms with Crippen LogP contribution in [0, 0.1) is 0 Å². The lowest BCUT2D eigenvalue weighted by atomic mass is 10.0. The van der Waals surface area contributed by atoms with Crippen LogP contribution in [-0.4, -0.2) is 61.0 Å². The molecule has 0 fully saturated rings. The van der Waals surface area contributed by atoms with E-state index >= 15 is 0 Å². The van der Waals surface area contributed by atoms with Gasteiger partial charge < -0.3 is 19.3 Å². The van der Waals surface area contributed by atoms with Crippen LogP contribution in [-0.2, 0) is 32.3 Å². The van der Waals surface area contributed by atoms with Crippen molar-refractivity contribution in [1.29, 1.82) is 0 Å². The zero-order chi connectivity index (χ0) is 34.7. The fraction of sp³-hybridized carbons (Fsp3) is 0.667. The van der Waals surface area contributed by atoms with Crippen molar-refractivity contribution in [3.63, 3.8) is 0 Å². The number of ether oxygens (including phenoxy) is 2. The van der Waals surface area contributed by atoms with E-state index in [1.807, 2.05) is 24.3 Å². The zero-order valence-corrected chi connectivity index (χ0v) is 31.1. The van der Waals surface area contributed by atoms with Crippen LogP contribution in [0.3, 0.4) is 0 Å². The molecule has 0 radical (unpaired) electrons. The molecule has 2 rings (SSSR count). The first kappa shape index (κ1) is 41.5. The fourth-order valence-electron chi connectivity index (χ4n) is 5.96. The van der Waals surface area contributed by atoms with Crippen LogP contribution >= 0.6 is 0 Å². The molecule has 6 nitrogen and oxygen atoms in total. The highest BCUT2D eigenvalue weighted by atomic mass is 16.5. The number of rotatable bonds is 29. The van der Waals surface area contributed by atoms with Gasteiger partial charge in [0.25, 0.3) is 0 Å². The van der Waals surface area contributed by atoms with E-state index in [2.05, 4.69) is 61.8 Å². The summed E-state index contributed by atoms with van der Waals surface area (Å²) in [5, 5.41) is 0. The van der Waals surface area contributed by atoms with E-state index in [1.54, 1.807) is 0 Å². The molecule has 0 heterocycles. The van der Waals surface area contributed by atoms with Crippen molar-refractivity contribution in [2.24, 2.45) is 0 Å².